The van der Waals surface area contributed by atoms with Crippen molar-refractivity contribution in [3.05, 3.63) is 63.6 Å². The van der Waals surface area contributed by atoms with Gasteiger partial charge in [0.15, 0.2) is 0 Å². The van der Waals surface area contributed by atoms with E-state index < -0.39 is 11.8 Å². The molecule has 0 spiro atoms. The third-order valence-corrected chi connectivity index (χ3v) is 3.56. The topological polar surface area (TPSA) is 78.0 Å². The molecule has 1 amide bonds. The lowest BCUT2D eigenvalue weighted by Gasteiger charge is -2.15. The van der Waals surface area contributed by atoms with Gasteiger partial charge in [-0.1, -0.05) is 37.3 Å². The number of hydrogen-bond donors (Lipinski definition) is 1. The van der Waals surface area contributed by atoms with E-state index in [2.05, 4.69) is 5.10 Å². The zero-order chi connectivity index (χ0) is 15.4. The average molecular weight is 285 g/mol. The molecule has 5 heteroatoms. The van der Waals surface area contributed by atoms with E-state index in [-0.39, 0.29) is 5.56 Å². The van der Waals surface area contributed by atoms with Crippen molar-refractivity contribution in [1.82, 2.24) is 9.78 Å². The highest BCUT2D eigenvalue weighted by Gasteiger charge is 2.22. The van der Waals surface area contributed by atoms with Crippen molar-refractivity contribution in [3.8, 4) is 0 Å². The second-order valence-electron chi connectivity index (χ2n) is 5.05. The van der Waals surface area contributed by atoms with E-state index in [1.165, 1.54) is 4.68 Å². The first-order valence-corrected chi connectivity index (χ1v) is 6.94. The van der Waals surface area contributed by atoms with Gasteiger partial charge < -0.3 is 5.73 Å². The van der Waals surface area contributed by atoms with Crippen molar-refractivity contribution in [2.45, 2.75) is 32.7 Å². The zero-order valence-corrected chi connectivity index (χ0v) is 12.2. The molecule has 0 aliphatic rings. The molecule has 2 rings (SSSR count). The van der Waals surface area contributed by atoms with Gasteiger partial charge in [-0.05, 0) is 24.5 Å². The van der Waals surface area contributed by atoms with Gasteiger partial charge in [0, 0.05) is 5.56 Å². The molecular formula is C16H19N3O2. The van der Waals surface area contributed by atoms with Crippen LogP contribution in [0.3, 0.4) is 0 Å². The fraction of sp³-hybridized carbons (Fsp3) is 0.312. The van der Waals surface area contributed by atoms with Gasteiger partial charge in [0.2, 0.25) is 5.91 Å². The Morgan fingerprint density at radius 1 is 1.33 bits per heavy atom. The quantitative estimate of drug-likeness (QED) is 0.906. The number of carbonyl (C=O) groups excluding carboxylic acids is 1. The van der Waals surface area contributed by atoms with Crippen LogP contribution in [-0.4, -0.2) is 15.7 Å². The van der Waals surface area contributed by atoms with E-state index in [9.17, 15) is 9.59 Å². The first-order valence-electron chi connectivity index (χ1n) is 6.94. The third-order valence-electron chi connectivity index (χ3n) is 3.56. The summed E-state index contributed by atoms with van der Waals surface area (Å²) in [6.07, 6.45) is 2.12. The summed E-state index contributed by atoms with van der Waals surface area (Å²) < 4.78 is 1.38. The fourth-order valence-electron chi connectivity index (χ4n) is 2.43. The van der Waals surface area contributed by atoms with Gasteiger partial charge in [-0.15, -0.1) is 0 Å². The van der Waals surface area contributed by atoms with Crippen LogP contribution >= 0.6 is 0 Å². The highest BCUT2D eigenvalue weighted by Crippen LogP contribution is 2.18. The Morgan fingerprint density at radius 3 is 2.57 bits per heavy atom. The summed E-state index contributed by atoms with van der Waals surface area (Å²) in [6, 6.07) is 9.60. The minimum Gasteiger partial charge on any atom is -0.369 e. The standard InChI is InChI=1S/C16H19N3O2/c1-3-13(15(17)20)14-11(2)9-18-19(16(14)21)10-12-7-5-4-6-8-12/h4-9,13H,3,10H2,1-2H3,(H2,17,20). The Balaban J connectivity index is 2.46. The first-order chi connectivity index (χ1) is 10.0. The number of aromatic nitrogens is 2. The predicted octanol–water partition coefficient (Wildman–Crippen LogP) is 1.58. The van der Waals surface area contributed by atoms with Crippen LogP contribution in [0.4, 0.5) is 0 Å². The molecule has 0 bridgehead atoms. The minimum atomic E-state index is -0.567. The maximum Gasteiger partial charge on any atom is 0.271 e. The summed E-state index contributed by atoms with van der Waals surface area (Å²) in [7, 11) is 0. The smallest absolute Gasteiger partial charge is 0.271 e. The lowest BCUT2D eigenvalue weighted by molar-refractivity contribution is -0.119. The minimum absolute atomic E-state index is 0.246. The number of benzene rings is 1. The van der Waals surface area contributed by atoms with Crippen LogP contribution < -0.4 is 11.3 Å². The molecule has 5 nitrogen and oxygen atoms in total. The average Bonchev–Trinajstić information content (AvgIpc) is 2.47. The summed E-state index contributed by atoms with van der Waals surface area (Å²) in [4.78, 5) is 24.2. The lowest BCUT2D eigenvalue weighted by Crippen LogP contribution is -2.33. The largest absolute Gasteiger partial charge is 0.369 e. The van der Waals surface area contributed by atoms with Gasteiger partial charge in [0.05, 0.1) is 18.7 Å². The molecule has 1 aromatic carbocycles. The Kier molecular flexibility index (Phi) is 4.52. The number of aryl methyl sites for hydroxylation is 1. The van der Waals surface area contributed by atoms with Crippen LogP contribution in [-0.2, 0) is 11.3 Å². The van der Waals surface area contributed by atoms with Crippen LogP contribution in [0.1, 0.15) is 36.0 Å². The molecule has 110 valence electrons. The SMILES string of the molecule is CCC(C(N)=O)c1c(C)cnn(Cc2ccccc2)c1=O. The summed E-state index contributed by atoms with van der Waals surface area (Å²) in [5.74, 6) is -1.04. The number of carbonyl (C=O) groups is 1. The monoisotopic (exact) mass is 285 g/mol. The molecule has 21 heavy (non-hydrogen) atoms. The Labute approximate surface area is 123 Å². The second kappa shape index (κ2) is 6.35. The number of nitrogens with zero attached hydrogens (tertiary/aromatic N) is 2. The Bertz CT molecular complexity index is 692. The number of hydrogen-bond acceptors (Lipinski definition) is 3. The van der Waals surface area contributed by atoms with Crippen molar-refractivity contribution < 1.29 is 4.79 Å². The number of rotatable bonds is 5. The van der Waals surface area contributed by atoms with Gasteiger partial charge in [-0.3, -0.25) is 9.59 Å². The van der Waals surface area contributed by atoms with Gasteiger partial charge in [0.1, 0.15) is 0 Å². The fourth-order valence-corrected chi connectivity index (χ4v) is 2.43. The van der Waals surface area contributed by atoms with Crippen molar-refractivity contribution in [1.29, 1.82) is 0 Å². The molecule has 0 saturated heterocycles. The van der Waals surface area contributed by atoms with Gasteiger partial charge in [-0.25, -0.2) is 4.68 Å². The molecule has 1 aromatic heterocycles. The Morgan fingerprint density at radius 2 is 2.00 bits per heavy atom. The van der Waals surface area contributed by atoms with Crippen LogP contribution in [0.5, 0.6) is 0 Å². The second-order valence-corrected chi connectivity index (χ2v) is 5.05. The lowest BCUT2D eigenvalue weighted by atomic mass is 9.94. The van der Waals surface area contributed by atoms with Crippen molar-refractivity contribution in [3.63, 3.8) is 0 Å². The third kappa shape index (κ3) is 3.18. The van der Waals surface area contributed by atoms with Crippen LogP contribution in [0.15, 0.2) is 41.3 Å². The zero-order valence-electron chi connectivity index (χ0n) is 12.2. The molecule has 1 atom stereocenters. The van der Waals surface area contributed by atoms with Crippen LogP contribution in [0.2, 0.25) is 0 Å². The predicted molar refractivity (Wildman–Crippen MR) is 81.0 cm³/mol. The summed E-state index contributed by atoms with van der Waals surface area (Å²) in [6.45, 7) is 4.00. The van der Waals surface area contributed by atoms with E-state index in [0.29, 0.717) is 24.1 Å². The van der Waals surface area contributed by atoms with E-state index >= 15 is 0 Å². The molecule has 0 aliphatic carbocycles. The Hall–Kier alpha value is -2.43. The molecule has 1 unspecified atom stereocenters. The summed E-state index contributed by atoms with van der Waals surface area (Å²) in [5.41, 5.74) is 7.31. The van der Waals surface area contributed by atoms with Crippen molar-refractivity contribution in [2.24, 2.45) is 5.73 Å². The highest BCUT2D eigenvalue weighted by molar-refractivity contribution is 5.82. The highest BCUT2D eigenvalue weighted by atomic mass is 16.1. The van der Waals surface area contributed by atoms with Gasteiger partial charge in [-0.2, -0.15) is 5.10 Å². The molecule has 1 heterocycles. The number of amides is 1. The van der Waals surface area contributed by atoms with E-state index in [1.807, 2.05) is 37.3 Å². The van der Waals surface area contributed by atoms with E-state index in [0.717, 1.165) is 5.56 Å². The van der Waals surface area contributed by atoms with E-state index in [4.69, 9.17) is 5.73 Å². The first kappa shape index (κ1) is 15.0. The molecule has 0 fully saturated rings. The van der Waals surface area contributed by atoms with Crippen molar-refractivity contribution in [2.75, 3.05) is 0 Å². The molecular weight excluding hydrogens is 266 g/mol. The normalized spacial score (nSPS) is 12.1. The molecule has 2 aromatic rings. The van der Waals surface area contributed by atoms with Crippen LogP contribution in [0.25, 0.3) is 0 Å². The van der Waals surface area contributed by atoms with Crippen molar-refractivity contribution >= 4 is 5.91 Å². The molecule has 0 radical (unpaired) electrons. The van der Waals surface area contributed by atoms with E-state index in [1.54, 1.807) is 13.1 Å². The maximum absolute atomic E-state index is 12.6. The van der Waals surface area contributed by atoms with Crippen LogP contribution in [0, 0.1) is 6.92 Å². The molecule has 0 saturated carbocycles. The maximum atomic E-state index is 12.6. The summed E-state index contributed by atoms with van der Waals surface area (Å²) in [5, 5.41) is 4.16. The summed E-state index contributed by atoms with van der Waals surface area (Å²) >= 11 is 0. The van der Waals surface area contributed by atoms with Gasteiger partial charge in [0.25, 0.3) is 5.56 Å². The van der Waals surface area contributed by atoms with Gasteiger partial charge >= 0.3 is 0 Å². The molecule has 0 aliphatic heterocycles. The number of nitrogens with two attached hydrogens (primary N) is 1. The number of primary amides is 1. The molecule has 2 N–H and O–H groups in total.